The van der Waals surface area contributed by atoms with Crippen LogP contribution in [0.3, 0.4) is 0 Å². The van der Waals surface area contributed by atoms with Crippen LogP contribution in [-0.2, 0) is 6.54 Å². The van der Waals surface area contributed by atoms with E-state index in [4.69, 9.17) is 5.73 Å². The number of hydrogen-bond acceptors (Lipinski definition) is 4. The first kappa shape index (κ1) is 12.5. The molecular formula is C12H12BrN3S. The van der Waals surface area contributed by atoms with Crippen molar-refractivity contribution >= 4 is 27.7 Å². The maximum Gasteiger partial charge on any atom is 0.192 e. The molecule has 0 aliphatic heterocycles. The van der Waals surface area contributed by atoms with Crippen LogP contribution in [0.25, 0.3) is 0 Å². The van der Waals surface area contributed by atoms with E-state index in [0.29, 0.717) is 6.54 Å². The Hall–Kier alpha value is -0.910. The van der Waals surface area contributed by atoms with Crippen molar-refractivity contribution in [3.63, 3.8) is 0 Å². The third-order valence-corrected chi connectivity index (χ3v) is 3.46. The number of aromatic nitrogens is 2. The van der Waals surface area contributed by atoms with Crippen molar-refractivity contribution in [2.24, 2.45) is 5.73 Å². The predicted octanol–water partition coefficient (Wildman–Crippen LogP) is 3.16. The molecule has 0 aliphatic carbocycles. The zero-order chi connectivity index (χ0) is 12.3. The van der Waals surface area contributed by atoms with Gasteiger partial charge in [-0.2, -0.15) is 0 Å². The van der Waals surface area contributed by atoms with E-state index in [0.717, 1.165) is 25.8 Å². The lowest BCUT2D eigenvalue weighted by Gasteiger charge is -2.04. The van der Waals surface area contributed by atoms with Gasteiger partial charge < -0.3 is 5.73 Å². The van der Waals surface area contributed by atoms with E-state index in [9.17, 15) is 0 Å². The molecule has 0 fully saturated rings. The standard InChI is InChI=1S/C12H12BrN3S/c1-8-2-3-15-12(16-8)17-11-5-9(7-14)4-10(13)6-11/h2-6H,7,14H2,1H3. The molecule has 1 aromatic carbocycles. The lowest BCUT2D eigenvalue weighted by molar-refractivity contribution is 0.931. The Balaban J connectivity index is 2.26. The predicted molar refractivity (Wildman–Crippen MR) is 72.9 cm³/mol. The van der Waals surface area contributed by atoms with Crippen LogP contribution >= 0.6 is 27.7 Å². The summed E-state index contributed by atoms with van der Waals surface area (Å²) in [5.74, 6) is 0. The van der Waals surface area contributed by atoms with Gasteiger partial charge in [0.2, 0.25) is 0 Å². The van der Waals surface area contributed by atoms with Gasteiger partial charge in [0.15, 0.2) is 5.16 Å². The van der Waals surface area contributed by atoms with Gasteiger partial charge in [0.1, 0.15) is 0 Å². The fourth-order valence-electron chi connectivity index (χ4n) is 1.38. The maximum atomic E-state index is 5.64. The average molecular weight is 310 g/mol. The van der Waals surface area contributed by atoms with Crippen molar-refractivity contribution in [3.8, 4) is 0 Å². The molecule has 2 N–H and O–H groups in total. The lowest BCUT2D eigenvalue weighted by Crippen LogP contribution is -1.96. The second kappa shape index (κ2) is 5.62. The normalized spacial score (nSPS) is 10.5. The molecule has 0 spiro atoms. The fraction of sp³-hybridized carbons (Fsp3) is 0.167. The number of halogens is 1. The van der Waals surface area contributed by atoms with Gasteiger partial charge in [-0.05, 0) is 48.5 Å². The molecule has 88 valence electrons. The fourth-order valence-corrected chi connectivity index (χ4v) is 2.98. The number of rotatable bonds is 3. The third-order valence-electron chi connectivity index (χ3n) is 2.15. The van der Waals surface area contributed by atoms with Crippen LogP contribution < -0.4 is 5.73 Å². The molecule has 1 aromatic heterocycles. The molecule has 1 heterocycles. The molecule has 0 unspecified atom stereocenters. The van der Waals surface area contributed by atoms with Crippen LogP contribution in [0.15, 0.2) is 45.0 Å². The van der Waals surface area contributed by atoms with Crippen molar-refractivity contribution in [2.45, 2.75) is 23.5 Å². The summed E-state index contributed by atoms with van der Waals surface area (Å²) in [6.45, 7) is 2.49. The number of hydrogen-bond donors (Lipinski definition) is 1. The van der Waals surface area contributed by atoms with Gasteiger partial charge in [-0.1, -0.05) is 15.9 Å². The topological polar surface area (TPSA) is 51.8 Å². The Morgan fingerprint density at radius 2 is 2.18 bits per heavy atom. The van der Waals surface area contributed by atoms with Crippen LogP contribution in [-0.4, -0.2) is 9.97 Å². The Labute approximate surface area is 113 Å². The van der Waals surface area contributed by atoms with E-state index in [1.54, 1.807) is 6.20 Å². The van der Waals surface area contributed by atoms with Crippen molar-refractivity contribution in [3.05, 3.63) is 46.2 Å². The van der Waals surface area contributed by atoms with Gasteiger partial charge >= 0.3 is 0 Å². The zero-order valence-electron chi connectivity index (χ0n) is 9.35. The van der Waals surface area contributed by atoms with Gasteiger partial charge in [-0.15, -0.1) is 0 Å². The second-order valence-corrected chi connectivity index (χ2v) is 5.54. The maximum absolute atomic E-state index is 5.64. The molecule has 0 atom stereocenters. The Bertz CT molecular complexity index is 531. The highest BCUT2D eigenvalue weighted by Crippen LogP contribution is 2.28. The smallest absolute Gasteiger partial charge is 0.192 e. The number of aryl methyl sites for hydroxylation is 1. The highest BCUT2D eigenvalue weighted by molar-refractivity contribution is 9.10. The van der Waals surface area contributed by atoms with E-state index in [2.05, 4.69) is 32.0 Å². The summed E-state index contributed by atoms with van der Waals surface area (Å²) in [7, 11) is 0. The third kappa shape index (κ3) is 3.52. The molecule has 0 bridgehead atoms. The number of benzene rings is 1. The Morgan fingerprint density at radius 1 is 1.35 bits per heavy atom. The summed E-state index contributed by atoms with van der Waals surface area (Å²) >= 11 is 5.01. The summed E-state index contributed by atoms with van der Waals surface area (Å²) in [5.41, 5.74) is 7.70. The first-order valence-electron chi connectivity index (χ1n) is 5.14. The molecule has 5 heteroatoms. The summed E-state index contributed by atoms with van der Waals surface area (Å²) in [6, 6.07) is 7.99. The molecule has 3 nitrogen and oxygen atoms in total. The van der Waals surface area contributed by atoms with E-state index >= 15 is 0 Å². The van der Waals surface area contributed by atoms with E-state index in [1.807, 2.05) is 25.1 Å². The molecule has 0 saturated carbocycles. The van der Waals surface area contributed by atoms with Crippen LogP contribution in [0.2, 0.25) is 0 Å². The average Bonchev–Trinajstić information content (AvgIpc) is 2.28. The van der Waals surface area contributed by atoms with Gasteiger partial charge in [0.25, 0.3) is 0 Å². The summed E-state index contributed by atoms with van der Waals surface area (Å²) in [5, 5.41) is 0.756. The van der Waals surface area contributed by atoms with Crippen LogP contribution in [0.4, 0.5) is 0 Å². The summed E-state index contributed by atoms with van der Waals surface area (Å²) < 4.78 is 1.02. The number of nitrogens with zero attached hydrogens (tertiary/aromatic N) is 2. The van der Waals surface area contributed by atoms with E-state index in [1.165, 1.54) is 11.8 Å². The van der Waals surface area contributed by atoms with Gasteiger partial charge in [-0.3, -0.25) is 0 Å². The highest BCUT2D eigenvalue weighted by atomic mass is 79.9. The summed E-state index contributed by atoms with van der Waals surface area (Å²) in [4.78, 5) is 9.67. The van der Waals surface area contributed by atoms with Crippen molar-refractivity contribution < 1.29 is 0 Å². The highest BCUT2D eigenvalue weighted by Gasteiger charge is 2.03. The van der Waals surface area contributed by atoms with Gasteiger partial charge in [0.05, 0.1) is 0 Å². The Kier molecular flexibility index (Phi) is 4.15. The minimum atomic E-state index is 0.529. The number of nitrogens with two attached hydrogens (primary N) is 1. The minimum Gasteiger partial charge on any atom is -0.326 e. The molecule has 0 saturated heterocycles. The van der Waals surface area contributed by atoms with Crippen molar-refractivity contribution in [1.82, 2.24) is 9.97 Å². The SMILES string of the molecule is Cc1ccnc(Sc2cc(Br)cc(CN)c2)n1. The minimum absolute atomic E-state index is 0.529. The molecule has 2 rings (SSSR count). The molecular weight excluding hydrogens is 298 g/mol. The van der Waals surface area contributed by atoms with Crippen LogP contribution in [0.1, 0.15) is 11.3 Å². The van der Waals surface area contributed by atoms with Crippen LogP contribution in [0, 0.1) is 6.92 Å². The first-order valence-corrected chi connectivity index (χ1v) is 6.75. The van der Waals surface area contributed by atoms with Crippen molar-refractivity contribution in [2.75, 3.05) is 0 Å². The van der Waals surface area contributed by atoms with Gasteiger partial charge in [-0.25, -0.2) is 9.97 Å². The van der Waals surface area contributed by atoms with Gasteiger partial charge in [0, 0.05) is 27.8 Å². The molecule has 0 amide bonds. The Morgan fingerprint density at radius 3 is 2.88 bits per heavy atom. The van der Waals surface area contributed by atoms with Crippen LogP contribution in [0.5, 0.6) is 0 Å². The largest absolute Gasteiger partial charge is 0.326 e. The summed E-state index contributed by atoms with van der Waals surface area (Å²) in [6.07, 6.45) is 1.77. The second-order valence-electron chi connectivity index (χ2n) is 3.58. The van der Waals surface area contributed by atoms with E-state index < -0.39 is 0 Å². The first-order chi connectivity index (χ1) is 8.17. The molecule has 2 aromatic rings. The molecule has 0 aliphatic rings. The molecule has 17 heavy (non-hydrogen) atoms. The monoisotopic (exact) mass is 309 g/mol. The van der Waals surface area contributed by atoms with Crippen molar-refractivity contribution in [1.29, 1.82) is 0 Å². The molecule has 0 radical (unpaired) electrons. The quantitative estimate of drug-likeness (QED) is 0.885. The lowest BCUT2D eigenvalue weighted by atomic mass is 10.2. The zero-order valence-corrected chi connectivity index (χ0v) is 11.8. The van der Waals surface area contributed by atoms with E-state index in [-0.39, 0.29) is 0 Å².